The topological polar surface area (TPSA) is 27.0 Å². The zero-order valence-electron chi connectivity index (χ0n) is 11.8. The lowest BCUT2D eigenvalue weighted by Gasteiger charge is -2.34. The molecule has 0 saturated carbocycles. The molecule has 1 heterocycles. The van der Waals surface area contributed by atoms with E-state index in [0.717, 1.165) is 31.6 Å². The fourth-order valence-corrected chi connectivity index (χ4v) is 3.07. The molecular weight excluding hydrogens is 263 g/mol. The van der Waals surface area contributed by atoms with Crippen molar-refractivity contribution in [2.45, 2.75) is 18.8 Å². The van der Waals surface area contributed by atoms with E-state index in [1.54, 1.807) is 6.07 Å². The lowest BCUT2D eigenvalue weighted by atomic mass is 9.89. The number of nitrogens with zero attached hydrogens (tertiary/aromatic N) is 2. The third-order valence-corrected chi connectivity index (χ3v) is 4.21. The summed E-state index contributed by atoms with van der Waals surface area (Å²) < 4.78 is 13.7. The number of hydrogen-bond donors (Lipinski definition) is 0. The van der Waals surface area contributed by atoms with Crippen LogP contribution in [0.2, 0.25) is 0 Å². The molecule has 0 unspecified atom stereocenters. The van der Waals surface area contributed by atoms with E-state index in [-0.39, 0.29) is 5.56 Å². The molecule has 0 spiro atoms. The Labute approximate surface area is 124 Å². The van der Waals surface area contributed by atoms with Crippen molar-refractivity contribution in [1.82, 2.24) is 0 Å². The minimum atomic E-state index is -0.430. The summed E-state index contributed by atoms with van der Waals surface area (Å²) in [4.78, 5) is 2.13. The summed E-state index contributed by atoms with van der Waals surface area (Å²) in [6.45, 7) is 1.72. The van der Waals surface area contributed by atoms with E-state index in [9.17, 15) is 4.39 Å². The van der Waals surface area contributed by atoms with Crippen molar-refractivity contribution in [3.05, 3.63) is 65.5 Å². The predicted molar refractivity (Wildman–Crippen MR) is 81.7 cm³/mol. The van der Waals surface area contributed by atoms with E-state index in [0.29, 0.717) is 5.92 Å². The minimum Gasteiger partial charge on any atom is -0.370 e. The van der Waals surface area contributed by atoms with Gasteiger partial charge in [-0.3, -0.25) is 0 Å². The molecule has 106 valence electrons. The molecule has 3 rings (SSSR count). The SMILES string of the molecule is N#Cc1c(F)cccc1N1CCC(c2ccccc2)CC1. The Morgan fingerprint density at radius 1 is 1.00 bits per heavy atom. The minimum absolute atomic E-state index is 0.163. The summed E-state index contributed by atoms with van der Waals surface area (Å²) in [6, 6.07) is 17.4. The number of benzene rings is 2. The predicted octanol–water partition coefficient (Wildman–Crippen LogP) is 4.08. The standard InChI is InChI=1S/C18H17FN2/c19-17-7-4-8-18(16(17)13-20)21-11-9-15(10-12-21)14-5-2-1-3-6-14/h1-8,15H,9-12H2. The number of piperidine rings is 1. The quantitative estimate of drug-likeness (QED) is 0.828. The van der Waals surface area contributed by atoms with Gasteiger partial charge in [0.15, 0.2) is 0 Å². The summed E-state index contributed by atoms with van der Waals surface area (Å²) in [5, 5.41) is 9.14. The van der Waals surface area contributed by atoms with E-state index in [1.165, 1.54) is 11.6 Å². The molecule has 0 bridgehead atoms. The van der Waals surface area contributed by atoms with Crippen molar-refractivity contribution in [2.75, 3.05) is 18.0 Å². The normalized spacial score (nSPS) is 15.7. The molecule has 0 atom stereocenters. The fourth-order valence-electron chi connectivity index (χ4n) is 3.07. The average molecular weight is 280 g/mol. The van der Waals surface area contributed by atoms with Crippen molar-refractivity contribution in [3.8, 4) is 6.07 Å². The summed E-state index contributed by atoms with van der Waals surface area (Å²) in [5.41, 5.74) is 2.26. The Bertz CT molecular complexity index is 653. The summed E-state index contributed by atoms with van der Waals surface area (Å²) in [5.74, 6) is 0.127. The van der Waals surface area contributed by atoms with Crippen LogP contribution < -0.4 is 4.90 Å². The monoisotopic (exact) mass is 280 g/mol. The maximum atomic E-state index is 13.7. The molecule has 0 aromatic heterocycles. The first-order chi connectivity index (χ1) is 10.3. The zero-order chi connectivity index (χ0) is 14.7. The third-order valence-electron chi connectivity index (χ3n) is 4.21. The van der Waals surface area contributed by atoms with E-state index in [2.05, 4.69) is 29.2 Å². The molecule has 21 heavy (non-hydrogen) atoms. The van der Waals surface area contributed by atoms with Crippen LogP contribution in [0.1, 0.15) is 29.9 Å². The highest BCUT2D eigenvalue weighted by atomic mass is 19.1. The van der Waals surface area contributed by atoms with Gasteiger partial charge < -0.3 is 4.90 Å². The van der Waals surface area contributed by atoms with Gasteiger partial charge in [0.1, 0.15) is 17.4 Å². The first-order valence-electron chi connectivity index (χ1n) is 7.28. The highest BCUT2D eigenvalue weighted by Gasteiger charge is 2.23. The van der Waals surface area contributed by atoms with E-state index in [4.69, 9.17) is 5.26 Å². The van der Waals surface area contributed by atoms with Gasteiger partial charge in [0.05, 0.1) is 5.69 Å². The van der Waals surface area contributed by atoms with Crippen molar-refractivity contribution >= 4 is 5.69 Å². The van der Waals surface area contributed by atoms with Crippen LogP contribution in [0, 0.1) is 17.1 Å². The van der Waals surface area contributed by atoms with Crippen LogP contribution in [-0.4, -0.2) is 13.1 Å². The lowest BCUT2D eigenvalue weighted by molar-refractivity contribution is 0.504. The van der Waals surface area contributed by atoms with Crippen LogP contribution in [0.15, 0.2) is 48.5 Å². The Kier molecular flexibility index (Phi) is 3.87. The fraction of sp³-hybridized carbons (Fsp3) is 0.278. The van der Waals surface area contributed by atoms with Gasteiger partial charge in [0, 0.05) is 13.1 Å². The van der Waals surface area contributed by atoms with E-state index < -0.39 is 5.82 Å². The molecule has 1 aliphatic rings. The Hall–Kier alpha value is -2.34. The Morgan fingerprint density at radius 2 is 1.71 bits per heavy atom. The molecule has 3 heteroatoms. The molecule has 0 N–H and O–H groups in total. The molecule has 0 amide bonds. The van der Waals surface area contributed by atoms with Gasteiger partial charge in [0.2, 0.25) is 0 Å². The third kappa shape index (κ3) is 2.75. The second-order valence-electron chi connectivity index (χ2n) is 5.42. The van der Waals surface area contributed by atoms with E-state index in [1.807, 2.05) is 18.2 Å². The van der Waals surface area contributed by atoms with Gasteiger partial charge in [0.25, 0.3) is 0 Å². The first kappa shape index (κ1) is 13.6. The molecule has 0 radical (unpaired) electrons. The lowest BCUT2D eigenvalue weighted by Crippen LogP contribution is -2.33. The number of anilines is 1. The number of nitriles is 1. The average Bonchev–Trinajstić information content (AvgIpc) is 2.55. The molecule has 2 nitrogen and oxygen atoms in total. The second-order valence-corrected chi connectivity index (χ2v) is 5.42. The van der Waals surface area contributed by atoms with Crippen molar-refractivity contribution in [1.29, 1.82) is 5.26 Å². The van der Waals surface area contributed by atoms with Crippen LogP contribution in [-0.2, 0) is 0 Å². The van der Waals surface area contributed by atoms with Gasteiger partial charge >= 0.3 is 0 Å². The number of hydrogen-bond acceptors (Lipinski definition) is 2. The summed E-state index contributed by atoms with van der Waals surface area (Å²) in [7, 11) is 0. The van der Waals surface area contributed by atoms with Crippen LogP contribution in [0.3, 0.4) is 0 Å². The highest BCUT2D eigenvalue weighted by molar-refractivity contribution is 5.60. The van der Waals surface area contributed by atoms with Gasteiger partial charge in [-0.1, -0.05) is 36.4 Å². The largest absolute Gasteiger partial charge is 0.370 e. The Balaban J connectivity index is 1.75. The van der Waals surface area contributed by atoms with Crippen molar-refractivity contribution in [2.24, 2.45) is 0 Å². The zero-order valence-corrected chi connectivity index (χ0v) is 11.8. The highest BCUT2D eigenvalue weighted by Crippen LogP contribution is 2.32. The molecule has 1 saturated heterocycles. The first-order valence-corrected chi connectivity index (χ1v) is 7.28. The van der Waals surface area contributed by atoms with Crippen LogP contribution in [0.25, 0.3) is 0 Å². The number of halogens is 1. The summed E-state index contributed by atoms with van der Waals surface area (Å²) in [6.07, 6.45) is 2.07. The smallest absolute Gasteiger partial charge is 0.143 e. The second kappa shape index (κ2) is 5.97. The van der Waals surface area contributed by atoms with E-state index >= 15 is 0 Å². The van der Waals surface area contributed by atoms with Crippen LogP contribution in [0.5, 0.6) is 0 Å². The maximum Gasteiger partial charge on any atom is 0.143 e. The van der Waals surface area contributed by atoms with Crippen LogP contribution >= 0.6 is 0 Å². The van der Waals surface area contributed by atoms with Gasteiger partial charge in [-0.25, -0.2) is 4.39 Å². The maximum absolute atomic E-state index is 13.7. The molecule has 1 fully saturated rings. The molecule has 2 aromatic rings. The van der Waals surface area contributed by atoms with Crippen molar-refractivity contribution in [3.63, 3.8) is 0 Å². The van der Waals surface area contributed by atoms with Crippen molar-refractivity contribution < 1.29 is 4.39 Å². The Morgan fingerprint density at radius 3 is 2.38 bits per heavy atom. The van der Waals surface area contributed by atoms with Gasteiger partial charge in [-0.05, 0) is 36.5 Å². The molecular formula is C18H17FN2. The van der Waals surface area contributed by atoms with Gasteiger partial charge in [-0.15, -0.1) is 0 Å². The van der Waals surface area contributed by atoms with Crippen LogP contribution in [0.4, 0.5) is 10.1 Å². The molecule has 2 aromatic carbocycles. The molecule has 0 aliphatic carbocycles. The summed E-state index contributed by atoms with van der Waals surface area (Å²) >= 11 is 0. The van der Waals surface area contributed by atoms with Gasteiger partial charge in [-0.2, -0.15) is 5.26 Å². The number of rotatable bonds is 2. The molecule has 1 aliphatic heterocycles.